The first-order valence-corrected chi connectivity index (χ1v) is 14.0. The molecule has 0 aliphatic carbocycles. The van der Waals surface area contributed by atoms with Gasteiger partial charge in [0.25, 0.3) is 5.56 Å². The van der Waals surface area contributed by atoms with Gasteiger partial charge in [0.1, 0.15) is 18.5 Å². The van der Waals surface area contributed by atoms with Crippen LogP contribution in [0.15, 0.2) is 91.4 Å². The molecule has 1 fully saturated rings. The Morgan fingerprint density at radius 3 is 2.95 bits per heavy atom. The summed E-state index contributed by atoms with van der Waals surface area (Å²) in [6, 6.07) is 17.8. The summed E-state index contributed by atoms with van der Waals surface area (Å²) in [7, 11) is 0. The van der Waals surface area contributed by atoms with Crippen LogP contribution in [-0.2, 0) is 11.4 Å². The molecule has 2 aliphatic rings. The van der Waals surface area contributed by atoms with Crippen LogP contribution in [0, 0.1) is 0 Å². The molecule has 2 aromatic carbocycles. The third kappa shape index (κ3) is 5.03. The van der Waals surface area contributed by atoms with Crippen LogP contribution in [0.1, 0.15) is 36.2 Å². The lowest BCUT2D eigenvalue weighted by molar-refractivity contribution is 0.0378. The normalized spacial score (nSPS) is 17.4. The van der Waals surface area contributed by atoms with Crippen LogP contribution < -0.4 is 15.8 Å². The minimum absolute atomic E-state index is 0.0810. The van der Waals surface area contributed by atoms with Crippen LogP contribution in [0.2, 0.25) is 0 Å². The molecule has 0 saturated carbocycles. The molecule has 4 heterocycles. The van der Waals surface area contributed by atoms with E-state index in [1.54, 1.807) is 42.0 Å². The van der Waals surface area contributed by atoms with E-state index < -0.39 is 6.67 Å². The lowest BCUT2D eigenvalue weighted by Gasteiger charge is -2.35. The van der Waals surface area contributed by atoms with Crippen molar-refractivity contribution in [3.8, 4) is 0 Å². The second-order valence-electron chi connectivity index (χ2n) is 9.14. The number of H-pyrrole nitrogens is 1. The largest absolute Gasteiger partial charge is 0.375 e. The number of nitrogens with zero attached hydrogens (tertiary/aromatic N) is 3. The van der Waals surface area contributed by atoms with Gasteiger partial charge in [-0.05, 0) is 55.0 Å². The van der Waals surface area contributed by atoms with Crippen molar-refractivity contribution in [3.05, 3.63) is 94.4 Å². The molecule has 2 unspecified atom stereocenters. The first kappa shape index (κ1) is 25.0. The fourth-order valence-electron chi connectivity index (χ4n) is 4.69. The Hall–Kier alpha value is -3.34. The predicted molar refractivity (Wildman–Crippen MR) is 148 cm³/mol. The molecule has 0 bridgehead atoms. The zero-order valence-corrected chi connectivity index (χ0v) is 22.3. The second kappa shape index (κ2) is 10.8. The number of ether oxygens (including phenoxy) is 1. The van der Waals surface area contributed by atoms with E-state index in [-0.39, 0.29) is 17.7 Å². The SMILES string of the molecule is CC(Nc1ccc2c(c1)Sc1cccc(C3CN(c4ccc[nH]c4=O)CCO3)c1S2)c1nccc(CF)n1. The van der Waals surface area contributed by atoms with Crippen LogP contribution in [0.25, 0.3) is 0 Å². The summed E-state index contributed by atoms with van der Waals surface area (Å²) in [6.07, 6.45) is 3.12. The van der Waals surface area contributed by atoms with Crippen LogP contribution in [-0.4, -0.2) is 34.6 Å². The Balaban J connectivity index is 1.21. The molecule has 38 heavy (non-hydrogen) atoms. The van der Waals surface area contributed by atoms with Gasteiger partial charge in [0.15, 0.2) is 5.82 Å². The van der Waals surface area contributed by atoms with Crippen molar-refractivity contribution in [2.75, 3.05) is 29.9 Å². The van der Waals surface area contributed by atoms with Gasteiger partial charge in [-0.1, -0.05) is 35.7 Å². The van der Waals surface area contributed by atoms with Crippen molar-refractivity contribution in [1.82, 2.24) is 15.0 Å². The molecule has 4 aromatic rings. The number of hydrogen-bond acceptors (Lipinski definition) is 8. The Bertz CT molecular complexity index is 1530. The summed E-state index contributed by atoms with van der Waals surface area (Å²) < 4.78 is 19.2. The van der Waals surface area contributed by atoms with Gasteiger partial charge in [0.05, 0.1) is 18.3 Å². The number of anilines is 2. The van der Waals surface area contributed by atoms with Gasteiger partial charge < -0.3 is 19.9 Å². The average Bonchev–Trinajstić information content (AvgIpc) is 2.96. The Morgan fingerprint density at radius 2 is 2.08 bits per heavy atom. The van der Waals surface area contributed by atoms with Gasteiger partial charge in [-0.3, -0.25) is 4.79 Å². The molecule has 2 aliphatic heterocycles. The molecule has 194 valence electrons. The molecule has 6 rings (SSSR count). The summed E-state index contributed by atoms with van der Waals surface area (Å²) in [5, 5.41) is 3.45. The third-order valence-electron chi connectivity index (χ3n) is 6.58. The molecule has 7 nitrogen and oxygen atoms in total. The quantitative estimate of drug-likeness (QED) is 0.268. The van der Waals surface area contributed by atoms with Crippen molar-refractivity contribution in [2.24, 2.45) is 0 Å². The highest BCUT2D eigenvalue weighted by atomic mass is 32.2. The van der Waals surface area contributed by atoms with Crippen molar-refractivity contribution in [1.29, 1.82) is 0 Å². The summed E-state index contributed by atoms with van der Waals surface area (Å²) in [5.74, 6) is 0.564. The topological polar surface area (TPSA) is 83.1 Å². The van der Waals surface area contributed by atoms with Gasteiger partial charge in [-0.2, -0.15) is 0 Å². The van der Waals surface area contributed by atoms with Gasteiger partial charge in [-0.25, -0.2) is 14.4 Å². The molecule has 1 saturated heterocycles. The molecule has 0 radical (unpaired) electrons. The van der Waals surface area contributed by atoms with Crippen LogP contribution in [0.3, 0.4) is 0 Å². The minimum atomic E-state index is -0.606. The highest BCUT2D eigenvalue weighted by Gasteiger charge is 2.29. The maximum Gasteiger partial charge on any atom is 0.271 e. The molecule has 10 heteroatoms. The first-order valence-electron chi connectivity index (χ1n) is 12.4. The van der Waals surface area contributed by atoms with Crippen LogP contribution in [0.4, 0.5) is 15.8 Å². The van der Waals surface area contributed by atoms with Gasteiger partial charge in [-0.15, -0.1) is 0 Å². The number of morpholine rings is 1. The number of rotatable bonds is 6. The molecular weight excluding hydrogens is 521 g/mol. The van der Waals surface area contributed by atoms with Crippen molar-refractivity contribution in [3.63, 3.8) is 0 Å². The number of aromatic amines is 1. The number of alkyl halides is 1. The van der Waals surface area contributed by atoms with E-state index >= 15 is 0 Å². The second-order valence-corrected chi connectivity index (χ2v) is 11.3. The van der Waals surface area contributed by atoms with E-state index in [0.29, 0.717) is 36.9 Å². The Kier molecular flexibility index (Phi) is 7.10. The molecule has 2 atom stereocenters. The maximum atomic E-state index is 13.0. The Labute approximate surface area is 228 Å². The Morgan fingerprint density at radius 1 is 1.16 bits per heavy atom. The highest BCUT2D eigenvalue weighted by molar-refractivity contribution is 8.05. The summed E-state index contributed by atoms with van der Waals surface area (Å²) in [4.78, 5) is 30.6. The fraction of sp³-hybridized carbons (Fsp3) is 0.250. The molecule has 0 spiro atoms. The van der Waals surface area contributed by atoms with E-state index in [9.17, 15) is 9.18 Å². The molecule has 0 amide bonds. The zero-order valence-electron chi connectivity index (χ0n) is 20.7. The first-order chi connectivity index (χ1) is 18.6. The van der Waals surface area contributed by atoms with E-state index in [1.165, 1.54) is 14.7 Å². The standard InChI is InChI=1S/C28H26FN5O2S2/c1-17(27-30-11-9-19(15-29)33-27)32-18-7-8-23-25(14-18)37-24-6-2-4-20(26(24)38-23)22-16-34(12-13-36-22)21-5-3-10-31-28(21)35/h2-11,14,17,22,32H,12-13,15-16H2,1H3,(H,31,35). The number of hydrogen-bond donors (Lipinski definition) is 2. The zero-order chi connectivity index (χ0) is 26.1. The maximum absolute atomic E-state index is 13.0. The van der Waals surface area contributed by atoms with E-state index in [0.717, 1.165) is 16.1 Å². The number of pyridine rings is 1. The highest BCUT2D eigenvalue weighted by Crippen LogP contribution is 2.51. The number of fused-ring (bicyclic) bond motifs is 2. The van der Waals surface area contributed by atoms with Gasteiger partial charge in [0, 0.05) is 50.8 Å². The van der Waals surface area contributed by atoms with Crippen molar-refractivity contribution < 1.29 is 9.13 Å². The lowest BCUT2D eigenvalue weighted by atomic mass is 10.1. The van der Waals surface area contributed by atoms with Crippen molar-refractivity contribution in [2.45, 2.75) is 45.3 Å². The lowest BCUT2D eigenvalue weighted by Crippen LogP contribution is -2.41. The average molecular weight is 548 g/mol. The summed E-state index contributed by atoms with van der Waals surface area (Å²) >= 11 is 3.49. The number of benzene rings is 2. The van der Waals surface area contributed by atoms with Crippen molar-refractivity contribution >= 4 is 34.9 Å². The number of halogens is 1. The van der Waals surface area contributed by atoms with Crippen LogP contribution >= 0.6 is 23.5 Å². The smallest absolute Gasteiger partial charge is 0.271 e. The number of aromatic nitrogens is 3. The summed E-state index contributed by atoms with van der Waals surface area (Å²) in [5.41, 5.74) is 3.08. The predicted octanol–water partition coefficient (Wildman–Crippen LogP) is 6.00. The fourth-order valence-corrected chi connectivity index (χ4v) is 7.14. The monoisotopic (exact) mass is 547 g/mol. The molecule has 2 aromatic heterocycles. The van der Waals surface area contributed by atoms with Crippen LogP contribution in [0.5, 0.6) is 0 Å². The minimum Gasteiger partial charge on any atom is -0.375 e. The van der Waals surface area contributed by atoms with Gasteiger partial charge in [0.2, 0.25) is 0 Å². The third-order valence-corrected chi connectivity index (χ3v) is 9.19. The van der Waals surface area contributed by atoms with E-state index in [2.05, 4.69) is 61.6 Å². The number of nitrogens with one attached hydrogen (secondary N) is 2. The molecular formula is C28H26FN5O2S2. The van der Waals surface area contributed by atoms with E-state index in [1.807, 2.05) is 19.1 Å². The van der Waals surface area contributed by atoms with Gasteiger partial charge >= 0.3 is 0 Å². The summed E-state index contributed by atoms with van der Waals surface area (Å²) in [6.45, 7) is 3.22. The van der Waals surface area contributed by atoms with E-state index in [4.69, 9.17) is 4.74 Å². The molecule has 2 N–H and O–H groups in total.